The molecule has 2 aromatic carbocycles. The quantitative estimate of drug-likeness (QED) is 0.913. The van der Waals surface area contributed by atoms with Crippen molar-refractivity contribution in [3.8, 4) is 0 Å². The second-order valence-electron chi connectivity index (χ2n) is 6.02. The second-order valence-corrected chi connectivity index (χ2v) is 6.02. The number of carbonyl (C=O) groups excluding carboxylic acids is 1. The minimum absolute atomic E-state index is 0.178. The molecular weight excluding hydrogens is 272 g/mol. The molecule has 1 N–H and O–H groups in total. The van der Waals surface area contributed by atoms with Crippen molar-refractivity contribution in [1.82, 2.24) is 4.90 Å². The molecule has 3 rings (SSSR count). The Labute approximate surface area is 132 Å². The fourth-order valence-corrected chi connectivity index (χ4v) is 3.07. The average Bonchev–Trinajstić information content (AvgIpc) is 2.56. The van der Waals surface area contributed by atoms with Crippen LogP contribution in [0.25, 0.3) is 0 Å². The van der Waals surface area contributed by atoms with Crippen LogP contribution in [-0.4, -0.2) is 37.0 Å². The standard InChI is InChI=1S/C19H22N2O/c1-16-7-5-6-10-18(16)19(22)21-13-11-20(12-14-21)15-17-8-3-2-4-9-17/h2-10H,11-15H2,1H3/p+1. The Morgan fingerprint density at radius 2 is 1.64 bits per heavy atom. The van der Waals surface area contributed by atoms with Crippen molar-refractivity contribution in [1.29, 1.82) is 0 Å². The Kier molecular flexibility index (Phi) is 4.54. The first-order valence-corrected chi connectivity index (χ1v) is 7.96. The molecule has 3 nitrogen and oxygen atoms in total. The first-order chi connectivity index (χ1) is 10.7. The summed E-state index contributed by atoms with van der Waals surface area (Å²) in [6.07, 6.45) is 0. The zero-order valence-electron chi connectivity index (χ0n) is 13.1. The lowest BCUT2D eigenvalue weighted by Crippen LogP contribution is -3.13. The summed E-state index contributed by atoms with van der Waals surface area (Å²) >= 11 is 0. The summed E-state index contributed by atoms with van der Waals surface area (Å²) in [5.74, 6) is 0.178. The normalized spacial score (nSPS) is 15.8. The summed E-state index contributed by atoms with van der Waals surface area (Å²) in [5.41, 5.74) is 3.27. The monoisotopic (exact) mass is 295 g/mol. The van der Waals surface area contributed by atoms with Crippen LogP contribution < -0.4 is 4.90 Å². The van der Waals surface area contributed by atoms with Crippen LogP contribution >= 0.6 is 0 Å². The Balaban J connectivity index is 1.58. The average molecular weight is 295 g/mol. The van der Waals surface area contributed by atoms with Crippen molar-refractivity contribution in [2.45, 2.75) is 13.5 Å². The number of nitrogens with zero attached hydrogens (tertiary/aromatic N) is 1. The van der Waals surface area contributed by atoms with E-state index in [0.29, 0.717) is 0 Å². The molecular formula is C19H23N2O+. The lowest BCUT2D eigenvalue weighted by molar-refractivity contribution is -0.917. The van der Waals surface area contributed by atoms with Gasteiger partial charge in [0.2, 0.25) is 0 Å². The van der Waals surface area contributed by atoms with Gasteiger partial charge in [-0.3, -0.25) is 4.79 Å². The summed E-state index contributed by atoms with van der Waals surface area (Å²) in [7, 11) is 0. The molecule has 0 aromatic heterocycles. The number of nitrogens with one attached hydrogen (secondary N) is 1. The zero-order valence-corrected chi connectivity index (χ0v) is 13.1. The van der Waals surface area contributed by atoms with E-state index in [4.69, 9.17) is 0 Å². The molecule has 22 heavy (non-hydrogen) atoms. The van der Waals surface area contributed by atoms with Gasteiger partial charge in [-0.25, -0.2) is 0 Å². The first-order valence-electron chi connectivity index (χ1n) is 7.96. The van der Waals surface area contributed by atoms with Gasteiger partial charge in [-0.2, -0.15) is 0 Å². The number of benzene rings is 2. The van der Waals surface area contributed by atoms with E-state index in [0.717, 1.165) is 43.9 Å². The molecule has 0 unspecified atom stereocenters. The smallest absolute Gasteiger partial charge is 0.254 e. The molecule has 1 fully saturated rings. The van der Waals surface area contributed by atoms with Crippen LogP contribution in [0, 0.1) is 6.92 Å². The van der Waals surface area contributed by atoms with Gasteiger partial charge in [0.1, 0.15) is 6.54 Å². The molecule has 0 radical (unpaired) electrons. The maximum Gasteiger partial charge on any atom is 0.254 e. The molecule has 1 saturated heterocycles. The van der Waals surface area contributed by atoms with Gasteiger partial charge in [0.05, 0.1) is 26.2 Å². The van der Waals surface area contributed by atoms with Crippen LogP contribution in [-0.2, 0) is 6.54 Å². The number of carbonyl (C=O) groups is 1. The Hall–Kier alpha value is -2.13. The number of quaternary nitrogens is 1. The lowest BCUT2D eigenvalue weighted by atomic mass is 10.1. The molecule has 114 valence electrons. The van der Waals surface area contributed by atoms with Gasteiger partial charge >= 0.3 is 0 Å². The number of amides is 1. The fraction of sp³-hybridized carbons (Fsp3) is 0.316. The minimum atomic E-state index is 0.178. The van der Waals surface area contributed by atoms with E-state index >= 15 is 0 Å². The number of hydrogen-bond acceptors (Lipinski definition) is 1. The summed E-state index contributed by atoms with van der Waals surface area (Å²) in [6, 6.07) is 18.4. The molecule has 0 aliphatic carbocycles. The summed E-state index contributed by atoms with van der Waals surface area (Å²) < 4.78 is 0. The Morgan fingerprint density at radius 1 is 1.00 bits per heavy atom. The van der Waals surface area contributed by atoms with Crippen LogP contribution in [0.5, 0.6) is 0 Å². The van der Waals surface area contributed by atoms with Gasteiger partial charge in [0.25, 0.3) is 5.91 Å². The summed E-state index contributed by atoms with van der Waals surface area (Å²) in [6.45, 7) is 6.78. The van der Waals surface area contributed by atoms with Gasteiger partial charge in [0.15, 0.2) is 0 Å². The largest absolute Gasteiger partial charge is 0.328 e. The van der Waals surface area contributed by atoms with Crippen molar-refractivity contribution < 1.29 is 9.69 Å². The summed E-state index contributed by atoms with van der Waals surface area (Å²) in [5, 5.41) is 0. The third-order valence-corrected chi connectivity index (χ3v) is 4.43. The van der Waals surface area contributed by atoms with Crippen LogP contribution in [0.4, 0.5) is 0 Å². The first kappa shape index (κ1) is 14.8. The molecule has 0 saturated carbocycles. The van der Waals surface area contributed by atoms with Crippen molar-refractivity contribution in [3.63, 3.8) is 0 Å². The fourth-order valence-electron chi connectivity index (χ4n) is 3.07. The van der Waals surface area contributed by atoms with Crippen LogP contribution in [0.15, 0.2) is 54.6 Å². The predicted octanol–water partition coefficient (Wildman–Crippen LogP) is 1.54. The number of aryl methyl sites for hydroxylation is 1. The van der Waals surface area contributed by atoms with E-state index in [1.807, 2.05) is 36.1 Å². The van der Waals surface area contributed by atoms with Gasteiger partial charge in [-0.15, -0.1) is 0 Å². The molecule has 1 amide bonds. The molecule has 1 aliphatic heterocycles. The number of rotatable bonds is 3. The highest BCUT2D eigenvalue weighted by Gasteiger charge is 2.25. The van der Waals surface area contributed by atoms with Gasteiger partial charge < -0.3 is 9.80 Å². The third kappa shape index (κ3) is 3.37. The van der Waals surface area contributed by atoms with Crippen LogP contribution in [0.1, 0.15) is 21.5 Å². The Bertz CT molecular complexity index is 631. The molecule has 0 bridgehead atoms. The van der Waals surface area contributed by atoms with Crippen molar-refractivity contribution in [2.75, 3.05) is 26.2 Å². The predicted molar refractivity (Wildman–Crippen MR) is 87.9 cm³/mol. The highest BCUT2D eigenvalue weighted by molar-refractivity contribution is 5.95. The molecule has 1 aliphatic rings. The topological polar surface area (TPSA) is 24.8 Å². The van der Waals surface area contributed by atoms with Crippen LogP contribution in [0.2, 0.25) is 0 Å². The van der Waals surface area contributed by atoms with E-state index in [9.17, 15) is 4.79 Å². The highest BCUT2D eigenvalue weighted by atomic mass is 16.2. The molecule has 2 aromatic rings. The van der Waals surface area contributed by atoms with E-state index in [2.05, 4.69) is 30.3 Å². The van der Waals surface area contributed by atoms with E-state index in [1.54, 1.807) is 4.90 Å². The van der Waals surface area contributed by atoms with Gasteiger partial charge in [-0.1, -0.05) is 48.5 Å². The van der Waals surface area contributed by atoms with Crippen molar-refractivity contribution in [2.24, 2.45) is 0 Å². The maximum atomic E-state index is 12.6. The maximum absolute atomic E-state index is 12.6. The van der Waals surface area contributed by atoms with Gasteiger partial charge in [0, 0.05) is 11.1 Å². The van der Waals surface area contributed by atoms with Gasteiger partial charge in [-0.05, 0) is 18.6 Å². The zero-order chi connectivity index (χ0) is 15.4. The van der Waals surface area contributed by atoms with E-state index in [-0.39, 0.29) is 5.91 Å². The molecule has 0 spiro atoms. The number of piperazine rings is 1. The van der Waals surface area contributed by atoms with Crippen LogP contribution in [0.3, 0.4) is 0 Å². The van der Waals surface area contributed by atoms with Crippen molar-refractivity contribution >= 4 is 5.91 Å². The third-order valence-electron chi connectivity index (χ3n) is 4.43. The summed E-state index contributed by atoms with van der Waals surface area (Å²) in [4.78, 5) is 16.2. The highest BCUT2D eigenvalue weighted by Crippen LogP contribution is 2.10. The SMILES string of the molecule is Cc1ccccc1C(=O)N1CC[NH+](Cc2ccccc2)CC1. The molecule has 3 heteroatoms. The molecule has 0 atom stereocenters. The lowest BCUT2D eigenvalue weighted by Gasteiger charge is -2.32. The molecule has 1 heterocycles. The van der Waals surface area contributed by atoms with Crippen molar-refractivity contribution in [3.05, 3.63) is 71.3 Å². The Morgan fingerprint density at radius 3 is 2.32 bits per heavy atom. The second kappa shape index (κ2) is 6.75. The number of hydrogen-bond donors (Lipinski definition) is 1. The minimum Gasteiger partial charge on any atom is -0.328 e. The van der Waals surface area contributed by atoms with E-state index in [1.165, 1.54) is 5.56 Å². The van der Waals surface area contributed by atoms with E-state index < -0.39 is 0 Å².